The van der Waals surface area contributed by atoms with E-state index in [0.717, 1.165) is 13.8 Å². The molecule has 2 heterocycles. The van der Waals surface area contributed by atoms with Gasteiger partial charge in [-0.15, -0.1) is 0 Å². The number of rotatable bonds is 6. The summed E-state index contributed by atoms with van der Waals surface area (Å²) in [6, 6.07) is 6.49. The number of nitrogens with one attached hydrogen (secondary N) is 1. The number of carboxylic acids is 2. The van der Waals surface area contributed by atoms with Gasteiger partial charge in [-0.3, -0.25) is 24.2 Å². The second-order valence-corrected chi connectivity index (χ2v) is 7.31. The lowest BCUT2D eigenvalue weighted by Crippen LogP contribution is -2.49. The number of carbonyl (C=O) groups excluding carboxylic acids is 1. The lowest BCUT2D eigenvalue weighted by atomic mass is 10.1. The van der Waals surface area contributed by atoms with E-state index in [1.54, 1.807) is 30.2 Å². The highest BCUT2D eigenvalue weighted by Crippen LogP contribution is 2.28. The molecule has 0 bridgehead atoms. The third-order valence-electron chi connectivity index (χ3n) is 4.42. The number of H-pyrrole nitrogens is 1. The molecule has 1 amide bonds. The molecule has 1 saturated heterocycles. The number of carbonyl (C=O) groups is 3. The number of methoxy groups -OCH3 is 1. The molecule has 14 heteroatoms. The van der Waals surface area contributed by atoms with Crippen LogP contribution in [0.2, 0.25) is 0 Å². The topological polar surface area (TPSA) is 214 Å². The summed E-state index contributed by atoms with van der Waals surface area (Å²) in [7, 11) is 1.54. The van der Waals surface area contributed by atoms with Crippen molar-refractivity contribution in [1.29, 1.82) is 0 Å². The molecule has 0 unspecified atom stereocenters. The molecule has 0 atom stereocenters. The normalized spacial score (nSPS) is 12.3. The van der Waals surface area contributed by atoms with Gasteiger partial charge in [0.25, 0.3) is 23.4 Å². The summed E-state index contributed by atoms with van der Waals surface area (Å²) in [5, 5.41) is 14.8. The lowest BCUT2D eigenvalue weighted by molar-refractivity contribution is -0.135. The van der Waals surface area contributed by atoms with Gasteiger partial charge in [-0.2, -0.15) is 4.98 Å². The predicted molar refractivity (Wildman–Crippen MR) is 132 cm³/mol. The maximum Gasteiger partial charge on any atom is 0.300 e. The van der Waals surface area contributed by atoms with Gasteiger partial charge >= 0.3 is 0 Å². The summed E-state index contributed by atoms with van der Waals surface area (Å²) < 4.78 is 10.8. The van der Waals surface area contributed by atoms with E-state index in [1.165, 1.54) is 6.07 Å². The standard InChI is InChI=1S/C18H24N6O4.2C2H4O2/c1-27-13-3-2-12(10-14(13)28-9-4-19)17(26)24-7-5-23(6-8-24)15-11-16(25)22-18(20)21-15;2*1-2(3)4/h2-3,10-11H,4-9,19H2,1H3,(H3,20,21,22,25);2*1H3,(H,3,4). The van der Waals surface area contributed by atoms with Crippen LogP contribution in [0.1, 0.15) is 24.2 Å². The minimum absolute atomic E-state index is 0.0734. The summed E-state index contributed by atoms with van der Waals surface area (Å²) in [4.78, 5) is 52.7. The molecule has 1 aliphatic heterocycles. The number of benzene rings is 1. The van der Waals surface area contributed by atoms with Crippen LogP contribution in [0.25, 0.3) is 0 Å². The minimum atomic E-state index is -0.833. The van der Waals surface area contributed by atoms with Gasteiger partial charge in [-0.1, -0.05) is 0 Å². The zero-order chi connectivity index (χ0) is 27.3. The van der Waals surface area contributed by atoms with Crippen molar-refractivity contribution in [3.8, 4) is 11.5 Å². The van der Waals surface area contributed by atoms with Gasteiger partial charge in [0.2, 0.25) is 5.95 Å². The van der Waals surface area contributed by atoms with Crippen LogP contribution in [0, 0.1) is 0 Å². The molecule has 0 saturated carbocycles. The van der Waals surface area contributed by atoms with Gasteiger partial charge in [0.15, 0.2) is 11.5 Å². The van der Waals surface area contributed by atoms with Crippen LogP contribution in [-0.2, 0) is 9.59 Å². The number of aromatic nitrogens is 2. The molecule has 198 valence electrons. The minimum Gasteiger partial charge on any atom is -0.493 e. The van der Waals surface area contributed by atoms with Crippen molar-refractivity contribution in [3.05, 3.63) is 40.2 Å². The van der Waals surface area contributed by atoms with Crippen LogP contribution < -0.4 is 31.4 Å². The van der Waals surface area contributed by atoms with Crippen molar-refractivity contribution in [2.75, 3.05) is 57.1 Å². The van der Waals surface area contributed by atoms with E-state index in [-0.39, 0.29) is 17.4 Å². The monoisotopic (exact) mass is 508 g/mol. The summed E-state index contributed by atoms with van der Waals surface area (Å²) in [6.45, 7) is 4.96. The van der Waals surface area contributed by atoms with E-state index in [2.05, 4.69) is 9.97 Å². The fourth-order valence-electron chi connectivity index (χ4n) is 3.04. The van der Waals surface area contributed by atoms with Gasteiger partial charge < -0.3 is 41.0 Å². The zero-order valence-corrected chi connectivity index (χ0v) is 20.4. The first-order valence-electron chi connectivity index (χ1n) is 10.8. The molecule has 14 nitrogen and oxygen atoms in total. The van der Waals surface area contributed by atoms with Crippen molar-refractivity contribution < 1.29 is 34.1 Å². The van der Waals surface area contributed by atoms with Crippen LogP contribution in [0.4, 0.5) is 11.8 Å². The highest BCUT2D eigenvalue weighted by atomic mass is 16.5. The van der Waals surface area contributed by atoms with Crippen molar-refractivity contribution >= 4 is 29.6 Å². The number of nitrogen functional groups attached to an aromatic ring is 1. The van der Waals surface area contributed by atoms with Gasteiger partial charge in [0, 0.05) is 58.2 Å². The van der Waals surface area contributed by atoms with E-state index >= 15 is 0 Å². The van der Waals surface area contributed by atoms with E-state index in [0.29, 0.717) is 62.2 Å². The molecule has 2 aromatic rings. The molecule has 0 radical (unpaired) electrons. The van der Waals surface area contributed by atoms with E-state index < -0.39 is 11.9 Å². The molecule has 36 heavy (non-hydrogen) atoms. The summed E-state index contributed by atoms with van der Waals surface area (Å²) >= 11 is 0. The van der Waals surface area contributed by atoms with Gasteiger partial charge in [0.05, 0.1) is 7.11 Å². The van der Waals surface area contributed by atoms with Crippen LogP contribution in [-0.4, -0.2) is 89.4 Å². The second-order valence-electron chi connectivity index (χ2n) is 7.31. The highest BCUT2D eigenvalue weighted by molar-refractivity contribution is 5.95. The van der Waals surface area contributed by atoms with E-state index in [1.807, 2.05) is 4.90 Å². The Morgan fingerprint density at radius 3 is 2.14 bits per heavy atom. The second kappa shape index (κ2) is 14.8. The lowest BCUT2D eigenvalue weighted by Gasteiger charge is -2.35. The van der Waals surface area contributed by atoms with Crippen molar-refractivity contribution in [2.45, 2.75) is 13.8 Å². The summed E-state index contributed by atoms with van der Waals surface area (Å²) in [6.07, 6.45) is 0. The Morgan fingerprint density at radius 2 is 1.64 bits per heavy atom. The quantitative estimate of drug-likeness (QED) is 0.344. The molecule has 7 N–H and O–H groups in total. The number of nitrogens with zero attached hydrogens (tertiary/aromatic N) is 3. The average molecular weight is 509 g/mol. The Bertz CT molecular complexity index is 1060. The molecular formula is C22H32N6O8. The largest absolute Gasteiger partial charge is 0.493 e. The van der Waals surface area contributed by atoms with Crippen molar-refractivity contribution in [2.24, 2.45) is 5.73 Å². The molecule has 3 rings (SSSR count). The Kier molecular flexibility index (Phi) is 12.2. The van der Waals surface area contributed by atoms with Gasteiger partial charge in [0.1, 0.15) is 12.4 Å². The molecule has 1 aromatic carbocycles. The third kappa shape index (κ3) is 10.3. The zero-order valence-electron chi connectivity index (χ0n) is 20.4. The Balaban J connectivity index is 0.000000709. The van der Waals surface area contributed by atoms with Crippen LogP contribution >= 0.6 is 0 Å². The fraction of sp³-hybridized carbons (Fsp3) is 0.409. The molecule has 0 aliphatic carbocycles. The number of nitrogens with two attached hydrogens (primary N) is 2. The third-order valence-corrected chi connectivity index (χ3v) is 4.42. The number of hydrogen-bond donors (Lipinski definition) is 5. The number of hydrogen-bond acceptors (Lipinski definition) is 10. The molecule has 1 aromatic heterocycles. The van der Waals surface area contributed by atoms with Crippen LogP contribution in [0.3, 0.4) is 0 Å². The van der Waals surface area contributed by atoms with Crippen molar-refractivity contribution in [1.82, 2.24) is 14.9 Å². The first-order chi connectivity index (χ1) is 17.0. The maximum absolute atomic E-state index is 12.9. The maximum atomic E-state index is 12.9. The summed E-state index contributed by atoms with van der Waals surface area (Å²) in [5.74, 6) is -0.147. The smallest absolute Gasteiger partial charge is 0.300 e. The number of amides is 1. The first-order valence-corrected chi connectivity index (χ1v) is 10.8. The van der Waals surface area contributed by atoms with Crippen LogP contribution in [0.15, 0.2) is 29.1 Å². The SMILES string of the molecule is CC(=O)O.CC(=O)O.COc1ccc(C(=O)N2CCN(c3cc(=O)[nH]c(N)n3)CC2)cc1OCCN. The van der Waals surface area contributed by atoms with Gasteiger partial charge in [-0.05, 0) is 18.2 Å². The Hall–Kier alpha value is -4.33. The van der Waals surface area contributed by atoms with Gasteiger partial charge in [-0.25, -0.2) is 0 Å². The Morgan fingerprint density at radius 1 is 1.06 bits per heavy atom. The van der Waals surface area contributed by atoms with Crippen molar-refractivity contribution in [3.63, 3.8) is 0 Å². The molecule has 1 fully saturated rings. The highest BCUT2D eigenvalue weighted by Gasteiger charge is 2.24. The molecule has 1 aliphatic rings. The first kappa shape index (κ1) is 29.7. The van der Waals surface area contributed by atoms with E-state index in [9.17, 15) is 9.59 Å². The number of anilines is 2. The molecular weight excluding hydrogens is 476 g/mol. The molecule has 0 spiro atoms. The number of piperazine rings is 1. The van der Waals surface area contributed by atoms with Crippen LogP contribution in [0.5, 0.6) is 11.5 Å². The average Bonchev–Trinajstić information content (AvgIpc) is 2.81. The fourth-order valence-corrected chi connectivity index (χ4v) is 3.04. The number of ether oxygens (including phenoxy) is 2. The van der Waals surface area contributed by atoms with E-state index in [4.69, 9.17) is 40.7 Å². The Labute approximate surface area is 207 Å². The summed E-state index contributed by atoms with van der Waals surface area (Å²) in [5.41, 5.74) is 11.3. The number of carboxylic acid groups (broad SMARTS) is 2. The number of aromatic amines is 1. The number of aliphatic carboxylic acids is 2. The predicted octanol–water partition coefficient (Wildman–Crippen LogP) is -0.158.